The van der Waals surface area contributed by atoms with E-state index >= 15 is 0 Å². The van der Waals surface area contributed by atoms with Gasteiger partial charge in [-0.2, -0.15) is 0 Å². The van der Waals surface area contributed by atoms with Crippen LogP contribution in [0.1, 0.15) is 37.2 Å². The van der Waals surface area contributed by atoms with Crippen molar-refractivity contribution in [2.75, 3.05) is 13.2 Å². The molecule has 2 unspecified atom stereocenters. The van der Waals surface area contributed by atoms with E-state index in [4.69, 9.17) is 9.47 Å². The second-order valence-corrected chi connectivity index (χ2v) is 6.38. The Hall–Kier alpha value is -1.00. The van der Waals surface area contributed by atoms with Gasteiger partial charge in [0.05, 0.1) is 13.2 Å². The minimum Gasteiger partial charge on any atom is -0.348 e. The third kappa shape index (κ3) is 1.97. The summed E-state index contributed by atoms with van der Waals surface area (Å²) >= 11 is 0. The summed E-state index contributed by atoms with van der Waals surface area (Å²) in [6.07, 6.45) is 3.98. The van der Waals surface area contributed by atoms with E-state index in [1.807, 2.05) is 0 Å². The SMILES string of the molecule is Fc1ccc(C2CC3CC4(CC3C2)OCCO4)cc1F. The Kier molecular flexibility index (Phi) is 2.86. The first-order valence-corrected chi connectivity index (χ1v) is 7.38. The highest BCUT2D eigenvalue weighted by molar-refractivity contribution is 5.24. The molecule has 0 amide bonds. The average molecular weight is 280 g/mol. The van der Waals surface area contributed by atoms with Gasteiger partial charge in [0.15, 0.2) is 17.4 Å². The standard InChI is InChI=1S/C16H18F2O2/c17-14-2-1-10(7-15(14)18)11-5-12-8-16(9-13(12)6-11)19-3-4-20-16/h1-2,7,11-13H,3-6,8-9H2. The summed E-state index contributed by atoms with van der Waals surface area (Å²) in [5, 5.41) is 0. The zero-order valence-corrected chi connectivity index (χ0v) is 11.3. The summed E-state index contributed by atoms with van der Waals surface area (Å²) in [6.45, 7) is 1.40. The number of ether oxygens (including phenoxy) is 2. The molecule has 2 saturated carbocycles. The van der Waals surface area contributed by atoms with Crippen LogP contribution in [0, 0.1) is 23.5 Å². The number of rotatable bonds is 1. The number of hydrogen-bond donors (Lipinski definition) is 0. The van der Waals surface area contributed by atoms with Crippen molar-refractivity contribution < 1.29 is 18.3 Å². The predicted octanol–water partition coefficient (Wildman–Crippen LogP) is 3.61. The Morgan fingerprint density at radius 2 is 1.60 bits per heavy atom. The molecule has 20 heavy (non-hydrogen) atoms. The van der Waals surface area contributed by atoms with Crippen LogP contribution in [-0.2, 0) is 9.47 Å². The van der Waals surface area contributed by atoms with Crippen molar-refractivity contribution in [2.45, 2.75) is 37.4 Å². The third-order valence-electron chi connectivity index (χ3n) is 5.22. The van der Waals surface area contributed by atoms with E-state index in [9.17, 15) is 8.78 Å². The maximum Gasteiger partial charge on any atom is 0.169 e. The monoisotopic (exact) mass is 280 g/mol. The fourth-order valence-corrected chi connectivity index (χ4v) is 4.37. The van der Waals surface area contributed by atoms with E-state index in [-0.39, 0.29) is 5.79 Å². The lowest BCUT2D eigenvalue weighted by molar-refractivity contribution is -0.155. The van der Waals surface area contributed by atoms with Crippen LogP contribution >= 0.6 is 0 Å². The van der Waals surface area contributed by atoms with Crippen molar-refractivity contribution in [2.24, 2.45) is 11.8 Å². The Labute approximate surface area is 117 Å². The highest BCUT2D eigenvalue weighted by atomic mass is 19.2. The maximum atomic E-state index is 13.3. The molecule has 2 atom stereocenters. The van der Waals surface area contributed by atoms with Gasteiger partial charge in [-0.25, -0.2) is 8.78 Å². The zero-order chi connectivity index (χ0) is 13.7. The van der Waals surface area contributed by atoms with Gasteiger partial charge >= 0.3 is 0 Å². The molecule has 1 aromatic carbocycles. The van der Waals surface area contributed by atoms with E-state index in [0.29, 0.717) is 31.0 Å². The summed E-state index contributed by atoms with van der Waals surface area (Å²) in [5.41, 5.74) is 0.931. The molecule has 0 aromatic heterocycles. The Bertz CT molecular complexity index is 509. The summed E-state index contributed by atoms with van der Waals surface area (Å²) in [5.74, 6) is -0.303. The van der Waals surface area contributed by atoms with Crippen LogP contribution in [0.15, 0.2) is 18.2 Å². The number of benzene rings is 1. The fraction of sp³-hybridized carbons (Fsp3) is 0.625. The molecule has 1 heterocycles. The minimum atomic E-state index is -0.765. The van der Waals surface area contributed by atoms with Gasteiger partial charge in [-0.05, 0) is 48.3 Å². The van der Waals surface area contributed by atoms with Gasteiger partial charge in [0.2, 0.25) is 0 Å². The molecular weight excluding hydrogens is 262 g/mol. The molecule has 2 nitrogen and oxygen atoms in total. The van der Waals surface area contributed by atoms with E-state index in [2.05, 4.69) is 0 Å². The van der Waals surface area contributed by atoms with Gasteiger partial charge in [-0.15, -0.1) is 0 Å². The second kappa shape index (κ2) is 4.50. The largest absolute Gasteiger partial charge is 0.348 e. The van der Waals surface area contributed by atoms with Crippen molar-refractivity contribution in [3.8, 4) is 0 Å². The normalized spacial score (nSPS) is 34.8. The van der Waals surface area contributed by atoms with Crippen molar-refractivity contribution in [1.82, 2.24) is 0 Å². The number of hydrogen-bond acceptors (Lipinski definition) is 2. The van der Waals surface area contributed by atoms with Gasteiger partial charge in [-0.3, -0.25) is 0 Å². The third-order valence-corrected chi connectivity index (χ3v) is 5.22. The van der Waals surface area contributed by atoms with Crippen LogP contribution in [0.5, 0.6) is 0 Å². The maximum absolute atomic E-state index is 13.3. The van der Waals surface area contributed by atoms with Gasteiger partial charge in [0, 0.05) is 12.8 Å². The van der Waals surface area contributed by atoms with Gasteiger partial charge in [-0.1, -0.05) is 6.07 Å². The Balaban J connectivity index is 1.49. The van der Waals surface area contributed by atoms with Crippen LogP contribution in [-0.4, -0.2) is 19.0 Å². The van der Waals surface area contributed by atoms with Crippen molar-refractivity contribution in [1.29, 1.82) is 0 Å². The first-order chi connectivity index (χ1) is 9.65. The second-order valence-electron chi connectivity index (χ2n) is 6.38. The molecule has 1 aromatic rings. The summed E-state index contributed by atoms with van der Waals surface area (Å²) in [4.78, 5) is 0. The molecule has 108 valence electrons. The van der Waals surface area contributed by atoms with Gasteiger partial charge in [0.25, 0.3) is 0 Å². The molecule has 3 fully saturated rings. The first-order valence-electron chi connectivity index (χ1n) is 7.38. The van der Waals surface area contributed by atoms with Crippen molar-refractivity contribution in [3.05, 3.63) is 35.4 Å². The zero-order valence-electron chi connectivity index (χ0n) is 11.3. The van der Waals surface area contributed by atoms with Crippen molar-refractivity contribution >= 4 is 0 Å². The molecule has 1 spiro atoms. The molecule has 3 aliphatic rings. The van der Waals surface area contributed by atoms with Gasteiger partial charge in [0.1, 0.15) is 0 Å². The summed E-state index contributed by atoms with van der Waals surface area (Å²) in [6, 6.07) is 4.32. The lowest BCUT2D eigenvalue weighted by Crippen LogP contribution is -2.27. The molecule has 1 aliphatic heterocycles. The quantitative estimate of drug-likeness (QED) is 0.782. The predicted molar refractivity (Wildman–Crippen MR) is 69.2 cm³/mol. The van der Waals surface area contributed by atoms with Crippen LogP contribution in [0.4, 0.5) is 8.78 Å². The lowest BCUT2D eigenvalue weighted by atomic mass is 9.93. The molecule has 4 heteroatoms. The minimum absolute atomic E-state index is 0.325. The lowest BCUT2D eigenvalue weighted by Gasteiger charge is -2.23. The molecule has 0 radical (unpaired) electrons. The highest BCUT2D eigenvalue weighted by Crippen LogP contribution is 2.55. The van der Waals surface area contributed by atoms with E-state index in [0.717, 1.165) is 31.2 Å². The molecule has 0 N–H and O–H groups in total. The van der Waals surface area contributed by atoms with Crippen LogP contribution in [0.25, 0.3) is 0 Å². The van der Waals surface area contributed by atoms with E-state index in [1.165, 1.54) is 12.1 Å². The van der Waals surface area contributed by atoms with Crippen molar-refractivity contribution in [3.63, 3.8) is 0 Å². The molecular formula is C16H18F2O2. The summed E-state index contributed by atoms with van der Waals surface area (Å²) in [7, 11) is 0. The molecule has 1 saturated heterocycles. The molecule has 0 bridgehead atoms. The Morgan fingerprint density at radius 3 is 2.20 bits per heavy atom. The van der Waals surface area contributed by atoms with Gasteiger partial charge < -0.3 is 9.47 Å². The van der Waals surface area contributed by atoms with Crippen LogP contribution < -0.4 is 0 Å². The number of fused-ring (bicyclic) bond motifs is 1. The Morgan fingerprint density at radius 1 is 0.950 bits per heavy atom. The van der Waals surface area contributed by atoms with E-state index < -0.39 is 11.6 Å². The molecule has 4 rings (SSSR count). The smallest absolute Gasteiger partial charge is 0.169 e. The van der Waals surface area contributed by atoms with Crippen LogP contribution in [0.2, 0.25) is 0 Å². The highest BCUT2D eigenvalue weighted by Gasteiger charge is 2.52. The average Bonchev–Trinajstić information content (AvgIpc) is 3.09. The first kappa shape index (κ1) is 12.7. The van der Waals surface area contributed by atoms with Crippen LogP contribution in [0.3, 0.4) is 0 Å². The topological polar surface area (TPSA) is 18.5 Å². The molecule has 2 aliphatic carbocycles. The summed E-state index contributed by atoms with van der Waals surface area (Å²) < 4.78 is 37.9. The number of halogens is 2. The fourth-order valence-electron chi connectivity index (χ4n) is 4.37. The van der Waals surface area contributed by atoms with E-state index in [1.54, 1.807) is 6.07 Å².